The molecule has 0 atom stereocenters. The first-order chi connectivity index (χ1) is 10.8. The zero-order valence-corrected chi connectivity index (χ0v) is 12.5. The summed E-state index contributed by atoms with van der Waals surface area (Å²) in [4.78, 5) is 23.1. The van der Waals surface area contributed by atoms with Crippen molar-refractivity contribution in [2.75, 3.05) is 6.54 Å². The van der Waals surface area contributed by atoms with Gasteiger partial charge in [0.15, 0.2) is 5.89 Å². The molecule has 2 aromatic heterocycles. The Morgan fingerprint density at radius 2 is 2.27 bits per heavy atom. The van der Waals surface area contributed by atoms with E-state index < -0.39 is 0 Å². The molecule has 5 nitrogen and oxygen atoms in total. The highest BCUT2D eigenvalue weighted by atomic mass is 16.4. The third kappa shape index (κ3) is 2.51. The normalized spacial score (nSPS) is 17.9. The van der Waals surface area contributed by atoms with Gasteiger partial charge in [-0.05, 0) is 25.0 Å². The van der Waals surface area contributed by atoms with Gasteiger partial charge in [-0.3, -0.25) is 9.78 Å². The molecule has 0 saturated heterocycles. The molecule has 2 aromatic rings. The van der Waals surface area contributed by atoms with E-state index in [0.29, 0.717) is 25.4 Å². The minimum atomic E-state index is 0.109. The number of aromatic nitrogens is 2. The van der Waals surface area contributed by atoms with Crippen molar-refractivity contribution in [2.45, 2.75) is 44.6 Å². The molecule has 5 heteroatoms. The van der Waals surface area contributed by atoms with Gasteiger partial charge in [0.2, 0.25) is 5.91 Å². The molecule has 1 aliphatic carbocycles. The molecule has 22 heavy (non-hydrogen) atoms. The van der Waals surface area contributed by atoms with Crippen LogP contribution in [0.1, 0.15) is 48.2 Å². The van der Waals surface area contributed by atoms with E-state index in [4.69, 9.17) is 4.42 Å². The Morgan fingerprint density at radius 1 is 1.36 bits per heavy atom. The van der Waals surface area contributed by atoms with Gasteiger partial charge < -0.3 is 9.32 Å². The van der Waals surface area contributed by atoms with E-state index in [1.807, 2.05) is 23.1 Å². The van der Waals surface area contributed by atoms with E-state index in [0.717, 1.165) is 29.5 Å². The van der Waals surface area contributed by atoms with Crippen LogP contribution >= 0.6 is 0 Å². The fraction of sp³-hybridized carbons (Fsp3) is 0.471. The maximum Gasteiger partial charge on any atom is 0.228 e. The van der Waals surface area contributed by atoms with Gasteiger partial charge >= 0.3 is 0 Å². The van der Waals surface area contributed by atoms with Crippen LogP contribution < -0.4 is 0 Å². The Kier molecular flexibility index (Phi) is 3.41. The molecule has 1 amide bonds. The van der Waals surface area contributed by atoms with Crippen molar-refractivity contribution in [3.05, 3.63) is 47.4 Å². The standard InChI is InChI=1S/C17H19N3O2/c21-16(10-13-6-1-2-8-18-13)20-9-7-15-14(11-20)19-17(22-15)12-4-3-5-12/h1-2,6,8,12H,3-5,7,9-11H2. The third-order valence-electron chi connectivity index (χ3n) is 4.61. The van der Waals surface area contributed by atoms with E-state index in [-0.39, 0.29) is 5.91 Å². The molecule has 1 aliphatic heterocycles. The highest BCUT2D eigenvalue weighted by Crippen LogP contribution is 2.37. The van der Waals surface area contributed by atoms with E-state index in [1.54, 1.807) is 6.20 Å². The Labute approximate surface area is 129 Å². The number of rotatable bonds is 3. The Hall–Kier alpha value is -2.17. The average Bonchev–Trinajstić information content (AvgIpc) is 2.88. The SMILES string of the molecule is O=C(Cc1ccccn1)N1CCc2oc(C3CCC3)nc2C1. The molecule has 114 valence electrons. The molecular formula is C17H19N3O2. The molecular weight excluding hydrogens is 278 g/mol. The topological polar surface area (TPSA) is 59.2 Å². The summed E-state index contributed by atoms with van der Waals surface area (Å²) in [7, 11) is 0. The lowest BCUT2D eigenvalue weighted by Crippen LogP contribution is -2.36. The highest BCUT2D eigenvalue weighted by Gasteiger charge is 2.30. The summed E-state index contributed by atoms with van der Waals surface area (Å²) in [6.07, 6.45) is 6.47. The van der Waals surface area contributed by atoms with E-state index in [9.17, 15) is 4.79 Å². The second-order valence-electron chi connectivity index (χ2n) is 6.11. The molecule has 0 bridgehead atoms. The van der Waals surface area contributed by atoms with E-state index >= 15 is 0 Å². The van der Waals surface area contributed by atoms with Crippen molar-refractivity contribution in [3.63, 3.8) is 0 Å². The number of oxazole rings is 1. The Bertz CT molecular complexity index is 676. The maximum atomic E-state index is 12.4. The number of hydrogen-bond acceptors (Lipinski definition) is 4. The summed E-state index contributed by atoms with van der Waals surface area (Å²) in [6, 6.07) is 5.66. The number of pyridine rings is 1. The largest absolute Gasteiger partial charge is 0.445 e. The molecule has 2 aliphatic rings. The van der Waals surface area contributed by atoms with Gasteiger partial charge in [0, 0.05) is 30.8 Å². The van der Waals surface area contributed by atoms with Gasteiger partial charge in [-0.15, -0.1) is 0 Å². The van der Waals surface area contributed by atoms with Crippen LogP contribution in [-0.2, 0) is 24.2 Å². The second-order valence-corrected chi connectivity index (χ2v) is 6.11. The van der Waals surface area contributed by atoms with Crippen LogP contribution in [-0.4, -0.2) is 27.3 Å². The third-order valence-corrected chi connectivity index (χ3v) is 4.61. The molecule has 0 aromatic carbocycles. The fourth-order valence-electron chi connectivity index (χ4n) is 3.03. The number of amides is 1. The second kappa shape index (κ2) is 5.55. The molecule has 1 saturated carbocycles. The molecule has 0 spiro atoms. The van der Waals surface area contributed by atoms with Crippen LogP contribution in [0.3, 0.4) is 0 Å². The first kappa shape index (κ1) is 13.5. The lowest BCUT2D eigenvalue weighted by Gasteiger charge is -2.25. The summed E-state index contributed by atoms with van der Waals surface area (Å²) < 4.78 is 5.89. The Balaban J connectivity index is 1.44. The predicted molar refractivity (Wildman–Crippen MR) is 80.2 cm³/mol. The maximum absolute atomic E-state index is 12.4. The zero-order chi connectivity index (χ0) is 14.9. The van der Waals surface area contributed by atoms with Crippen LogP contribution in [0.4, 0.5) is 0 Å². The van der Waals surface area contributed by atoms with Crippen LogP contribution in [0.15, 0.2) is 28.8 Å². The van der Waals surface area contributed by atoms with Crippen LogP contribution in [0.2, 0.25) is 0 Å². The van der Waals surface area contributed by atoms with Crippen molar-refractivity contribution in [1.29, 1.82) is 0 Å². The lowest BCUT2D eigenvalue weighted by atomic mass is 9.85. The molecule has 3 heterocycles. The number of nitrogens with zero attached hydrogens (tertiary/aromatic N) is 3. The number of hydrogen-bond donors (Lipinski definition) is 0. The van der Waals surface area contributed by atoms with Crippen LogP contribution in [0, 0.1) is 0 Å². The van der Waals surface area contributed by atoms with Gasteiger partial charge in [-0.25, -0.2) is 4.98 Å². The first-order valence-corrected chi connectivity index (χ1v) is 7.96. The first-order valence-electron chi connectivity index (χ1n) is 7.96. The zero-order valence-electron chi connectivity index (χ0n) is 12.5. The molecule has 0 N–H and O–H groups in total. The lowest BCUT2D eigenvalue weighted by molar-refractivity contribution is -0.131. The quantitative estimate of drug-likeness (QED) is 0.873. The van der Waals surface area contributed by atoms with Crippen molar-refractivity contribution in [1.82, 2.24) is 14.9 Å². The van der Waals surface area contributed by atoms with Gasteiger partial charge in [0.1, 0.15) is 11.5 Å². The van der Waals surface area contributed by atoms with Gasteiger partial charge in [0.25, 0.3) is 0 Å². The number of fused-ring (bicyclic) bond motifs is 1. The molecule has 0 unspecified atom stereocenters. The van der Waals surface area contributed by atoms with Crippen molar-refractivity contribution in [2.24, 2.45) is 0 Å². The number of carbonyl (C=O) groups is 1. The van der Waals surface area contributed by atoms with Gasteiger partial charge in [-0.1, -0.05) is 12.5 Å². The molecule has 4 rings (SSSR count). The smallest absolute Gasteiger partial charge is 0.228 e. The van der Waals surface area contributed by atoms with E-state index in [1.165, 1.54) is 19.3 Å². The van der Waals surface area contributed by atoms with Crippen LogP contribution in [0.25, 0.3) is 0 Å². The summed E-state index contributed by atoms with van der Waals surface area (Å²) in [5.41, 5.74) is 1.76. The van der Waals surface area contributed by atoms with Crippen molar-refractivity contribution < 1.29 is 9.21 Å². The van der Waals surface area contributed by atoms with Gasteiger partial charge in [0.05, 0.1) is 13.0 Å². The van der Waals surface area contributed by atoms with Crippen molar-refractivity contribution >= 4 is 5.91 Å². The minimum Gasteiger partial charge on any atom is -0.445 e. The summed E-state index contributed by atoms with van der Waals surface area (Å²) >= 11 is 0. The monoisotopic (exact) mass is 297 g/mol. The summed E-state index contributed by atoms with van der Waals surface area (Å²) in [5.74, 6) is 2.47. The number of carbonyl (C=O) groups excluding carboxylic acids is 1. The predicted octanol–water partition coefficient (Wildman–Crippen LogP) is 2.46. The molecule has 0 radical (unpaired) electrons. The summed E-state index contributed by atoms with van der Waals surface area (Å²) in [5, 5.41) is 0. The Morgan fingerprint density at radius 3 is 3.00 bits per heavy atom. The highest BCUT2D eigenvalue weighted by molar-refractivity contribution is 5.78. The van der Waals surface area contributed by atoms with Gasteiger partial charge in [-0.2, -0.15) is 0 Å². The minimum absolute atomic E-state index is 0.109. The van der Waals surface area contributed by atoms with Crippen LogP contribution in [0.5, 0.6) is 0 Å². The average molecular weight is 297 g/mol. The fourth-order valence-corrected chi connectivity index (χ4v) is 3.03. The van der Waals surface area contributed by atoms with E-state index in [2.05, 4.69) is 9.97 Å². The van der Waals surface area contributed by atoms with Crippen molar-refractivity contribution in [3.8, 4) is 0 Å². The molecule has 1 fully saturated rings. The summed E-state index contributed by atoms with van der Waals surface area (Å²) in [6.45, 7) is 1.27.